The van der Waals surface area contributed by atoms with Crippen LogP contribution in [0.4, 0.5) is 0 Å². The maximum absolute atomic E-state index is 11.6. The first-order chi connectivity index (χ1) is 8.83. The summed E-state index contributed by atoms with van der Waals surface area (Å²) in [5.41, 5.74) is 1.10. The van der Waals surface area contributed by atoms with E-state index in [9.17, 15) is 4.79 Å². The Balaban J connectivity index is 1.63. The van der Waals surface area contributed by atoms with Crippen LogP contribution in [-0.4, -0.2) is 27.1 Å². The largest absolute Gasteiger partial charge is 0.298 e. The van der Waals surface area contributed by atoms with Gasteiger partial charge < -0.3 is 0 Å². The smallest absolute Gasteiger partial charge is 0.147 e. The Morgan fingerprint density at radius 1 is 1.33 bits per heavy atom. The molecule has 1 saturated heterocycles. The van der Waals surface area contributed by atoms with Gasteiger partial charge in [-0.2, -0.15) is 16.9 Å². The van der Waals surface area contributed by atoms with Gasteiger partial charge in [0.1, 0.15) is 5.78 Å². The van der Waals surface area contributed by atoms with Crippen LogP contribution in [0.15, 0.2) is 12.3 Å². The number of carbonyl (C=O) groups excluding carboxylic acids is 1. The summed E-state index contributed by atoms with van der Waals surface area (Å²) in [6, 6.07) is 2.70. The van der Waals surface area contributed by atoms with Gasteiger partial charge in [0, 0.05) is 24.3 Å². The molecule has 3 nitrogen and oxygen atoms in total. The number of ketones is 1. The zero-order valence-corrected chi connectivity index (χ0v) is 11.5. The van der Waals surface area contributed by atoms with Gasteiger partial charge in [-0.15, -0.1) is 0 Å². The van der Waals surface area contributed by atoms with Gasteiger partial charge in [0.15, 0.2) is 0 Å². The van der Waals surface area contributed by atoms with E-state index >= 15 is 0 Å². The fourth-order valence-corrected chi connectivity index (χ4v) is 4.12. The molecule has 0 spiro atoms. The molecule has 0 radical (unpaired) electrons. The minimum atomic E-state index is 0.213. The third-order valence-electron chi connectivity index (χ3n) is 4.09. The van der Waals surface area contributed by atoms with Gasteiger partial charge in [-0.1, -0.05) is 19.3 Å². The molecule has 98 valence electrons. The molecule has 4 heteroatoms. The highest BCUT2D eigenvalue weighted by molar-refractivity contribution is 8.00. The van der Waals surface area contributed by atoms with Gasteiger partial charge in [-0.3, -0.25) is 9.48 Å². The minimum absolute atomic E-state index is 0.213. The highest BCUT2D eigenvalue weighted by Crippen LogP contribution is 2.28. The Kier molecular flexibility index (Phi) is 3.73. The number of nitrogens with zero attached hydrogens (tertiary/aromatic N) is 2. The average Bonchev–Trinajstić information content (AvgIpc) is 3.02. The van der Waals surface area contributed by atoms with Crippen molar-refractivity contribution in [2.75, 3.05) is 11.5 Å². The number of hydrogen-bond donors (Lipinski definition) is 0. The summed E-state index contributed by atoms with van der Waals surface area (Å²) in [4.78, 5) is 11.6. The van der Waals surface area contributed by atoms with E-state index in [0.717, 1.165) is 17.9 Å². The van der Waals surface area contributed by atoms with Crippen molar-refractivity contribution in [1.29, 1.82) is 0 Å². The quantitative estimate of drug-likeness (QED) is 0.842. The zero-order chi connectivity index (χ0) is 12.4. The average molecular weight is 264 g/mol. The lowest BCUT2D eigenvalue weighted by Crippen LogP contribution is -2.16. The number of aromatic nitrogens is 2. The van der Waals surface area contributed by atoms with Gasteiger partial charge in [-0.05, 0) is 18.9 Å². The monoisotopic (exact) mass is 264 g/mol. The minimum Gasteiger partial charge on any atom is -0.298 e. The number of thioether (sulfide) groups is 1. The van der Waals surface area contributed by atoms with Crippen molar-refractivity contribution in [3.8, 4) is 0 Å². The van der Waals surface area contributed by atoms with E-state index in [4.69, 9.17) is 0 Å². The standard InChI is InChI=1S/C14H20N2OS/c17-14-10-18-9-11(14)8-12-6-7-16(15-12)13-4-2-1-3-5-13/h6-7,11,13H,1-5,8-10H2. The number of rotatable bonds is 3. The third kappa shape index (κ3) is 2.63. The van der Waals surface area contributed by atoms with Crippen LogP contribution >= 0.6 is 11.8 Å². The van der Waals surface area contributed by atoms with Crippen LogP contribution < -0.4 is 0 Å². The molecule has 1 aliphatic carbocycles. The fourth-order valence-electron chi connectivity index (χ4n) is 2.97. The van der Waals surface area contributed by atoms with Gasteiger partial charge in [0.25, 0.3) is 0 Å². The summed E-state index contributed by atoms with van der Waals surface area (Å²) in [6.07, 6.45) is 9.51. The van der Waals surface area contributed by atoms with Gasteiger partial charge in [-0.25, -0.2) is 0 Å². The molecule has 2 heterocycles. The van der Waals surface area contributed by atoms with Crippen LogP contribution in [0.25, 0.3) is 0 Å². The molecular formula is C14H20N2OS. The molecule has 1 aromatic rings. The highest BCUT2D eigenvalue weighted by Gasteiger charge is 2.26. The molecule has 2 aliphatic rings. The first-order valence-electron chi connectivity index (χ1n) is 6.97. The van der Waals surface area contributed by atoms with E-state index in [0.29, 0.717) is 17.6 Å². The molecule has 0 bridgehead atoms. The Morgan fingerprint density at radius 2 is 2.17 bits per heavy atom. The molecule has 1 atom stereocenters. The topological polar surface area (TPSA) is 34.9 Å². The van der Waals surface area contributed by atoms with Crippen LogP contribution in [0, 0.1) is 5.92 Å². The maximum Gasteiger partial charge on any atom is 0.147 e. The van der Waals surface area contributed by atoms with Gasteiger partial charge >= 0.3 is 0 Å². The molecular weight excluding hydrogens is 244 g/mol. The highest BCUT2D eigenvalue weighted by atomic mass is 32.2. The summed E-state index contributed by atoms with van der Waals surface area (Å²) in [7, 11) is 0. The first-order valence-corrected chi connectivity index (χ1v) is 8.13. The summed E-state index contributed by atoms with van der Waals surface area (Å²) in [5.74, 6) is 2.31. The normalized spacial score (nSPS) is 25.8. The molecule has 2 fully saturated rings. The second kappa shape index (κ2) is 5.47. The van der Waals surface area contributed by atoms with E-state index < -0.39 is 0 Å². The summed E-state index contributed by atoms with van der Waals surface area (Å²) in [5, 5.41) is 4.69. The van der Waals surface area contributed by atoms with Crippen LogP contribution in [0.3, 0.4) is 0 Å². The van der Waals surface area contributed by atoms with Gasteiger partial charge in [0.2, 0.25) is 0 Å². The number of carbonyl (C=O) groups is 1. The summed E-state index contributed by atoms with van der Waals surface area (Å²) in [6.45, 7) is 0. The molecule has 1 unspecified atom stereocenters. The van der Waals surface area contributed by atoms with Crippen molar-refractivity contribution < 1.29 is 4.79 Å². The van der Waals surface area contributed by atoms with Crippen LogP contribution in [-0.2, 0) is 11.2 Å². The van der Waals surface area contributed by atoms with Crippen molar-refractivity contribution in [3.63, 3.8) is 0 Å². The van der Waals surface area contributed by atoms with E-state index in [1.807, 2.05) is 0 Å². The van der Waals surface area contributed by atoms with Crippen molar-refractivity contribution in [2.45, 2.75) is 44.6 Å². The van der Waals surface area contributed by atoms with Crippen molar-refractivity contribution in [2.24, 2.45) is 5.92 Å². The van der Waals surface area contributed by atoms with E-state index in [2.05, 4.69) is 22.0 Å². The third-order valence-corrected chi connectivity index (χ3v) is 5.21. The van der Waals surface area contributed by atoms with E-state index in [-0.39, 0.29) is 5.92 Å². The Bertz CT molecular complexity index is 423. The zero-order valence-electron chi connectivity index (χ0n) is 10.7. The van der Waals surface area contributed by atoms with Crippen molar-refractivity contribution >= 4 is 17.5 Å². The van der Waals surface area contributed by atoms with Crippen LogP contribution in [0.1, 0.15) is 43.8 Å². The predicted octanol–water partition coefficient (Wildman–Crippen LogP) is 2.86. The van der Waals surface area contributed by atoms with Gasteiger partial charge in [0.05, 0.1) is 17.5 Å². The Hall–Kier alpha value is -0.770. The predicted molar refractivity (Wildman–Crippen MR) is 73.9 cm³/mol. The fraction of sp³-hybridized carbons (Fsp3) is 0.714. The Morgan fingerprint density at radius 3 is 2.89 bits per heavy atom. The molecule has 18 heavy (non-hydrogen) atoms. The molecule has 1 saturated carbocycles. The van der Waals surface area contributed by atoms with E-state index in [1.165, 1.54) is 32.1 Å². The number of Topliss-reactive ketones (excluding diaryl/α,β-unsaturated/α-hetero) is 1. The van der Waals surface area contributed by atoms with Crippen LogP contribution in [0.2, 0.25) is 0 Å². The lowest BCUT2D eigenvalue weighted by atomic mass is 9.96. The SMILES string of the molecule is O=C1CSCC1Cc1ccn(C2CCCCC2)n1. The summed E-state index contributed by atoms with van der Waals surface area (Å²) < 4.78 is 2.14. The second-order valence-electron chi connectivity index (χ2n) is 5.46. The maximum atomic E-state index is 11.6. The lowest BCUT2D eigenvalue weighted by Gasteiger charge is -2.21. The van der Waals surface area contributed by atoms with E-state index in [1.54, 1.807) is 11.8 Å². The summed E-state index contributed by atoms with van der Waals surface area (Å²) >= 11 is 1.76. The van der Waals surface area contributed by atoms with Crippen LogP contribution in [0.5, 0.6) is 0 Å². The van der Waals surface area contributed by atoms with Crippen molar-refractivity contribution in [1.82, 2.24) is 9.78 Å². The molecule has 1 aromatic heterocycles. The lowest BCUT2D eigenvalue weighted by molar-refractivity contribution is -0.119. The van der Waals surface area contributed by atoms with Crippen molar-refractivity contribution in [3.05, 3.63) is 18.0 Å². The molecule has 1 aliphatic heterocycles. The Labute approximate surface area is 112 Å². The molecule has 3 rings (SSSR count). The molecule has 0 amide bonds. The second-order valence-corrected chi connectivity index (χ2v) is 6.49. The molecule has 0 N–H and O–H groups in total. The molecule has 0 aromatic carbocycles. The first kappa shape index (κ1) is 12.3. The number of hydrogen-bond acceptors (Lipinski definition) is 3.